The third-order valence-electron chi connectivity index (χ3n) is 3.71. The molecule has 0 spiro atoms. The number of aromatic nitrogens is 3. The lowest BCUT2D eigenvalue weighted by Crippen LogP contribution is -2.35. The minimum Gasteiger partial charge on any atom is -0.330 e. The van der Waals surface area contributed by atoms with Crippen LogP contribution in [0.5, 0.6) is 0 Å². The fourth-order valence-electron chi connectivity index (χ4n) is 2.79. The third kappa shape index (κ3) is 1.82. The second-order valence-corrected chi connectivity index (χ2v) is 4.97. The van der Waals surface area contributed by atoms with Crippen LogP contribution in [0.4, 0.5) is 0 Å². The van der Waals surface area contributed by atoms with Crippen LogP contribution >= 0.6 is 0 Å². The SMILES string of the molecule is CC1CC(c2nc3ccncc3n2C)CCN1. The van der Waals surface area contributed by atoms with Gasteiger partial charge < -0.3 is 9.88 Å². The van der Waals surface area contributed by atoms with Crippen LogP contribution in [0, 0.1) is 0 Å². The Kier molecular flexibility index (Phi) is 2.59. The number of fused-ring (bicyclic) bond motifs is 1. The summed E-state index contributed by atoms with van der Waals surface area (Å²) in [6, 6.07) is 2.58. The van der Waals surface area contributed by atoms with Gasteiger partial charge in [-0.2, -0.15) is 0 Å². The van der Waals surface area contributed by atoms with Gasteiger partial charge in [-0.25, -0.2) is 4.98 Å². The first-order valence-electron chi connectivity index (χ1n) is 6.25. The first-order valence-corrected chi connectivity index (χ1v) is 6.25. The molecule has 0 amide bonds. The lowest BCUT2D eigenvalue weighted by Gasteiger charge is -2.27. The van der Waals surface area contributed by atoms with E-state index in [-0.39, 0.29) is 0 Å². The van der Waals surface area contributed by atoms with E-state index in [2.05, 4.69) is 28.8 Å². The van der Waals surface area contributed by atoms with Crippen LogP contribution in [-0.4, -0.2) is 27.1 Å². The van der Waals surface area contributed by atoms with Crippen molar-refractivity contribution in [2.24, 2.45) is 7.05 Å². The second-order valence-electron chi connectivity index (χ2n) is 4.97. The highest BCUT2D eigenvalue weighted by Crippen LogP contribution is 2.28. The Morgan fingerprint density at radius 3 is 3.12 bits per heavy atom. The molecule has 0 radical (unpaired) electrons. The predicted octanol–water partition coefficient (Wildman–Crippen LogP) is 1.82. The zero-order chi connectivity index (χ0) is 11.8. The number of nitrogens with zero attached hydrogens (tertiary/aromatic N) is 3. The molecule has 0 bridgehead atoms. The van der Waals surface area contributed by atoms with Crippen molar-refractivity contribution >= 4 is 11.0 Å². The smallest absolute Gasteiger partial charge is 0.112 e. The van der Waals surface area contributed by atoms with Crippen LogP contribution in [0.2, 0.25) is 0 Å². The van der Waals surface area contributed by atoms with E-state index < -0.39 is 0 Å². The molecular weight excluding hydrogens is 212 g/mol. The Hall–Kier alpha value is -1.42. The summed E-state index contributed by atoms with van der Waals surface area (Å²) >= 11 is 0. The van der Waals surface area contributed by atoms with Crippen LogP contribution in [-0.2, 0) is 7.05 Å². The topological polar surface area (TPSA) is 42.7 Å². The molecule has 90 valence electrons. The molecule has 2 aromatic heterocycles. The Morgan fingerprint density at radius 1 is 1.47 bits per heavy atom. The number of aryl methyl sites for hydroxylation is 1. The van der Waals surface area contributed by atoms with Gasteiger partial charge in [0, 0.05) is 25.2 Å². The predicted molar refractivity (Wildman–Crippen MR) is 67.9 cm³/mol. The van der Waals surface area contributed by atoms with E-state index in [0.717, 1.165) is 17.6 Å². The monoisotopic (exact) mass is 230 g/mol. The summed E-state index contributed by atoms with van der Waals surface area (Å²) < 4.78 is 2.20. The first-order chi connectivity index (χ1) is 8.25. The standard InChI is InChI=1S/C13H18N4/c1-9-7-10(3-6-15-9)13-16-11-4-5-14-8-12(11)17(13)2/h4-5,8-10,15H,3,6-7H2,1-2H3. The molecule has 1 aliphatic rings. The minimum absolute atomic E-state index is 0.573. The van der Waals surface area contributed by atoms with Gasteiger partial charge in [-0.1, -0.05) is 0 Å². The minimum atomic E-state index is 0.573. The quantitative estimate of drug-likeness (QED) is 0.812. The summed E-state index contributed by atoms with van der Waals surface area (Å²) in [6.07, 6.45) is 6.06. The maximum absolute atomic E-state index is 4.77. The van der Waals surface area contributed by atoms with E-state index >= 15 is 0 Å². The van der Waals surface area contributed by atoms with Gasteiger partial charge in [0.05, 0.1) is 17.2 Å². The van der Waals surface area contributed by atoms with E-state index in [0.29, 0.717) is 12.0 Å². The molecule has 2 aromatic rings. The van der Waals surface area contributed by atoms with Crippen LogP contribution < -0.4 is 5.32 Å². The van der Waals surface area contributed by atoms with E-state index in [1.165, 1.54) is 18.7 Å². The molecule has 1 saturated heterocycles. The number of hydrogen-bond acceptors (Lipinski definition) is 3. The normalized spacial score (nSPS) is 25.3. The average molecular weight is 230 g/mol. The fourth-order valence-corrected chi connectivity index (χ4v) is 2.79. The Bertz CT molecular complexity index is 531. The molecule has 1 fully saturated rings. The van der Waals surface area contributed by atoms with Crippen molar-refractivity contribution in [2.75, 3.05) is 6.54 Å². The molecule has 1 N–H and O–H groups in total. The van der Waals surface area contributed by atoms with E-state index in [1.54, 1.807) is 0 Å². The first kappa shape index (κ1) is 10.7. The molecule has 2 unspecified atom stereocenters. The lowest BCUT2D eigenvalue weighted by molar-refractivity contribution is 0.367. The van der Waals surface area contributed by atoms with Crippen molar-refractivity contribution in [3.05, 3.63) is 24.3 Å². The highest BCUT2D eigenvalue weighted by Gasteiger charge is 2.24. The number of imidazole rings is 1. The summed E-state index contributed by atoms with van der Waals surface area (Å²) in [5.41, 5.74) is 2.19. The lowest BCUT2D eigenvalue weighted by atomic mass is 9.92. The van der Waals surface area contributed by atoms with Gasteiger partial charge in [0.1, 0.15) is 5.82 Å². The molecular formula is C13H18N4. The summed E-state index contributed by atoms with van der Waals surface area (Å²) in [5, 5.41) is 3.49. The number of piperidine rings is 1. The van der Waals surface area contributed by atoms with Crippen LogP contribution in [0.3, 0.4) is 0 Å². The van der Waals surface area contributed by atoms with Gasteiger partial charge in [0.15, 0.2) is 0 Å². The van der Waals surface area contributed by atoms with Crippen molar-refractivity contribution in [1.29, 1.82) is 0 Å². The van der Waals surface area contributed by atoms with Gasteiger partial charge in [-0.3, -0.25) is 4.98 Å². The summed E-state index contributed by atoms with van der Waals surface area (Å²) in [4.78, 5) is 8.94. The van der Waals surface area contributed by atoms with Crippen LogP contribution in [0.1, 0.15) is 31.5 Å². The number of rotatable bonds is 1. The van der Waals surface area contributed by atoms with E-state index in [1.807, 2.05) is 18.5 Å². The van der Waals surface area contributed by atoms with Crippen molar-refractivity contribution in [3.63, 3.8) is 0 Å². The summed E-state index contributed by atoms with van der Waals surface area (Å²) in [6.45, 7) is 3.34. The molecule has 0 aromatic carbocycles. The third-order valence-corrected chi connectivity index (χ3v) is 3.71. The van der Waals surface area contributed by atoms with Crippen molar-refractivity contribution in [1.82, 2.24) is 19.9 Å². The molecule has 1 aliphatic heterocycles. The maximum Gasteiger partial charge on any atom is 0.112 e. The molecule has 3 heterocycles. The van der Waals surface area contributed by atoms with Gasteiger partial charge in [0.25, 0.3) is 0 Å². The Morgan fingerprint density at radius 2 is 2.35 bits per heavy atom. The average Bonchev–Trinajstić information content (AvgIpc) is 2.68. The zero-order valence-electron chi connectivity index (χ0n) is 10.3. The van der Waals surface area contributed by atoms with Crippen LogP contribution in [0.15, 0.2) is 18.5 Å². The molecule has 4 nitrogen and oxygen atoms in total. The van der Waals surface area contributed by atoms with Crippen LogP contribution in [0.25, 0.3) is 11.0 Å². The molecule has 0 aliphatic carbocycles. The Balaban J connectivity index is 2.02. The van der Waals surface area contributed by atoms with Crippen molar-refractivity contribution in [2.45, 2.75) is 31.7 Å². The van der Waals surface area contributed by atoms with Gasteiger partial charge in [0.2, 0.25) is 0 Å². The molecule has 17 heavy (non-hydrogen) atoms. The molecule has 2 atom stereocenters. The number of hydrogen-bond donors (Lipinski definition) is 1. The maximum atomic E-state index is 4.77. The highest BCUT2D eigenvalue weighted by molar-refractivity contribution is 5.74. The van der Waals surface area contributed by atoms with Gasteiger partial charge >= 0.3 is 0 Å². The Labute approximate surface area is 101 Å². The van der Waals surface area contributed by atoms with E-state index in [9.17, 15) is 0 Å². The molecule has 0 saturated carbocycles. The largest absolute Gasteiger partial charge is 0.330 e. The number of pyridine rings is 1. The van der Waals surface area contributed by atoms with Crippen molar-refractivity contribution in [3.8, 4) is 0 Å². The summed E-state index contributed by atoms with van der Waals surface area (Å²) in [7, 11) is 2.10. The second kappa shape index (κ2) is 4.11. The highest BCUT2D eigenvalue weighted by atomic mass is 15.1. The molecule has 3 rings (SSSR count). The zero-order valence-corrected chi connectivity index (χ0v) is 10.3. The summed E-state index contributed by atoms with van der Waals surface area (Å²) in [5.74, 6) is 1.78. The van der Waals surface area contributed by atoms with Gasteiger partial charge in [-0.15, -0.1) is 0 Å². The number of nitrogens with one attached hydrogen (secondary N) is 1. The van der Waals surface area contributed by atoms with E-state index in [4.69, 9.17) is 4.98 Å². The van der Waals surface area contributed by atoms with Crippen molar-refractivity contribution < 1.29 is 0 Å². The van der Waals surface area contributed by atoms with Gasteiger partial charge in [-0.05, 0) is 32.4 Å². The fraction of sp³-hybridized carbons (Fsp3) is 0.538. The molecule has 4 heteroatoms.